The fourth-order valence-corrected chi connectivity index (χ4v) is 2.92. The first-order chi connectivity index (χ1) is 8.47. The van der Waals surface area contributed by atoms with Crippen molar-refractivity contribution < 1.29 is 0 Å². The summed E-state index contributed by atoms with van der Waals surface area (Å²) in [4.78, 5) is 20.0. The summed E-state index contributed by atoms with van der Waals surface area (Å²) < 4.78 is 1.20. The van der Waals surface area contributed by atoms with E-state index in [0.29, 0.717) is 20.6 Å². The van der Waals surface area contributed by atoms with Crippen LogP contribution in [0, 0.1) is 5.92 Å². The molecule has 2 aromatic heterocycles. The van der Waals surface area contributed by atoms with Crippen molar-refractivity contribution >= 4 is 38.9 Å². The van der Waals surface area contributed by atoms with Gasteiger partial charge >= 0.3 is 0 Å². The summed E-state index contributed by atoms with van der Waals surface area (Å²) in [7, 11) is 0. The zero-order chi connectivity index (χ0) is 13.3. The van der Waals surface area contributed by atoms with Crippen molar-refractivity contribution in [1.82, 2.24) is 9.97 Å². The Hall–Kier alpha value is -0.650. The minimum Gasteiger partial charge on any atom is -0.305 e. The Morgan fingerprint density at radius 1 is 1.50 bits per heavy atom. The van der Waals surface area contributed by atoms with Gasteiger partial charge in [-0.15, -0.1) is 11.3 Å². The maximum absolute atomic E-state index is 11.9. The zero-order valence-corrected chi connectivity index (χ0v) is 13.1. The first-order valence-corrected chi connectivity index (χ1v) is 7.50. The summed E-state index contributed by atoms with van der Waals surface area (Å²) >= 11 is 10.6. The van der Waals surface area contributed by atoms with E-state index in [0.717, 1.165) is 17.0 Å². The molecule has 6 heteroatoms. The SMILES string of the molecule is CC(C)Cc1nc(-c2ccc(Cl)s2)[nH]c(=O)c1Br. The van der Waals surface area contributed by atoms with Crippen LogP contribution in [0.2, 0.25) is 4.34 Å². The molecule has 0 aliphatic heterocycles. The van der Waals surface area contributed by atoms with E-state index in [4.69, 9.17) is 11.6 Å². The van der Waals surface area contributed by atoms with E-state index >= 15 is 0 Å². The van der Waals surface area contributed by atoms with E-state index in [9.17, 15) is 4.79 Å². The Bertz CT molecular complexity index is 621. The number of hydrogen-bond acceptors (Lipinski definition) is 3. The number of H-pyrrole nitrogens is 1. The van der Waals surface area contributed by atoms with Crippen molar-refractivity contribution in [2.24, 2.45) is 5.92 Å². The number of aromatic amines is 1. The Kier molecular flexibility index (Phi) is 4.25. The van der Waals surface area contributed by atoms with E-state index in [1.165, 1.54) is 11.3 Å². The van der Waals surface area contributed by atoms with E-state index in [-0.39, 0.29) is 5.56 Å². The Morgan fingerprint density at radius 2 is 2.22 bits per heavy atom. The monoisotopic (exact) mass is 346 g/mol. The van der Waals surface area contributed by atoms with E-state index in [1.54, 1.807) is 6.07 Å². The highest BCUT2D eigenvalue weighted by Gasteiger charge is 2.12. The second kappa shape index (κ2) is 5.55. The van der Waals surface area contributed by atoms with Crippen molar-refractivity contribution in [2.75, 3.05) is 0 Å². The van der Waals surface area contributed by atoms with Crippen LogP contribution in [0.4, 0.5) is 0 Å². The molecule has 0 saturated heterocycles. The molecule has 0 saturated carbocycles. The number of nitrogens with one attached hydrogen (secondary N) is 1. The Labute approximate surface area is 122 Å². The maximum Gasteiger partial charge on any atom is 0.265 e. The number of aromatic nitrogens is 2. The summed E-state index contributed by atoms with van der Waals surface area (Å²) in [5.74, 6) is 1.02. The lowest BCUT2D eigenvalue weighted by Gasteiger charge is -2.07. The molecule has 2 rings (SSSR count). The number of nitrogens with zero attached hydrogens (tertiary/aromatic N) is 1. The molecular weight excluding hydrogens is 336 g/mol. The number of hydrogen-bond donors (Lipinski definition) is 1. The van der Waals surface area contributed by atoms with Gasteiger partial charge in [0.15, 0.2) is 5.82 Å². The average molecular weight is 348 g/mol. The highest BCUT2D eigenvalue weighted by atomic mass is 79.9. The van der Waals surface area contributed by atoms with Crippen molar-refractivity contribution in [3.8, 4) is 10.7 Å². The summed E-state index contributed by atoms with van der Waals surface area (Å²) in [5.41, 5.74) is 0.633. The third kappa shape index (κ3) is 3.02. The minimum atomic E-state index is -0.153. The fourth-order valence-electron chi connectivity index (χ4n) is 1.59. The first-order valence-electron chi connectivity index (χ1n) is 5.51. The van der Waals surface area contributed by atoms with Crippen LogP contribution in [0.3, 0.4) is 0 Å². The highest BCUT2D eigenvalue weighted by Crippen LogP contribution is 2.29. The zero-order valence-electron chi connectivity index (χ0n) is 9.96. The van der Waals surface area contributed by atoms with Gasteiger partial charge in [0.1, 0.15) is 4.47 Å². The molecule has 2 heterocycles. The topological polar surface area (TPSA) is 45.8 Å². The van der Waals surface area contributed by atoms with Crippen LogP contribution >= 0.6 is 38.9 Å². The van der Waals surface area contributed by atoms with Gasteiger partial charge in [0.25, 0.3) is 5.56 Å². The third-order valence-electron chi connectivity index (χ3n) is 2.34. The summed E-state index contributed by atoms with van der Waals surface area (Å²) in [6.07, 6.45) is 0.761. The van der Waals surface area contributed by atoms with Gasteiger partial charge in [0.2, 0.25) is 0 Å². The predicted octanol–water partition coefficient (Wildman–Crippen LogP) is 4.11. The molecule has 0 atom stereocenters. The molecule has 0 radical (unpaired) electrons. The Balaban J connectivity index is 2.50. The molecule has 0 unspecified atom stereocenters. The second-order valence-corrected chi connectivity index (χ2v) is 6.89. The van der Waals surface area contributed by atoms with Crippen LogP contribution < -0.4 is 5.56 Å². The number of thiophene rings is 1. The third-order valence-corrected chi connectivity index (χ3v) is 4.40. The molecule has 0 aliphatic carbocycles. The second-order valence-electron chi connectivity index (χ2n) is 4.38. The largest absolute Gasteiger partial charge is 0.305 e. The van der Waals surface area contributed by atoms with Crippen molar-refractivity contribution in [1.29, 1.82) is 0 Å². The van der Waals surface area contributed by atoms with Gasteiger partial charge in [-0.2, -0.15) is 0 Å². The van der Waals surface area contributed by atoms with Gasteiger partial charge in [-0.05, 0) is 40.4 Å². The van der Waals surface area contributed by atoms with Crippen LogP contribution in [0.25, 0.3) is 10.7 Å². The predicted molar refractivity (Wildman–Crippen MR) is 79.4 cm³/mol. The molecule has 0 spiro atoms. The lowest BCUT2D eigenvalue weighted by Crippen LogP contribution is -2.14. The molecule has 0 aliphatic rings. The van der Waals surface area contributed by atoms with E-state index in [2.05, 4.69) is 39.7 Å². The van der Waals surface area contributed by atoms with Gasteiger partial charge in [-0.25, -0.2) is 4.98 Å². The van der Waals surface area contributed by atoms with Crippen LogP contribution in [-0.2, 0) is 6.42 Å². The van der Waals surface area contributed by atoms with Crippen LogP contribution in [0.5, 0.6) is 0 Å². The standard InChI is InChI=1S/C12H12BrClN2OS/c1-6(2)5-7-10(13)12(17)16-11(15-7)8-3-4-9(14)18-8/h3-4,6H,5H2,1-2H3,(H,15,16,17). The number of rotatable bonds is 3. The molecule has 18 heavy (non-hydrogen) atoms. The van der Waals surface area contributed by atoms with Gasteiger partial charge in [0.05, 0.1) is 14.9 Å². The lowest BCUT2D eigenvalue weighted by molar-refractivity contribution is 0.631. The van der Waals surface area contributed by atoms with Crippen molar-refractivity contribution in [2.45, 2.75) is 20.3 Å². The average Bonchev–Trinajstić information content (AvgIpc) is 2.70. The number of halogens is 2. The molecule has 0 amide bonds. The molecule has 0 aromatic carbocycles. The summed E-state index contributed by atoms with van der Waals surface area (Å²) in [6.45, 7) is 4.19. The summed E-state index contributed by atoms with van der Waals surface area (Å²) in [6, 6.07) is 3.66. The Morgan fingerprint density at radius 3 is 2.78 bits per heavy atom. The van der Waals surface area contributed by atoms with E-state index in [1.807, 2.05) is 6.07 Å². The molecule has 1 N–H and O–H groups in total. The maximum atomic E-state index is 11.9. The fraction of sp³-hybridized carbons (Fsp3) is 0.333. The quantitative estimate of drug-likeness (QED) is 0.908. The molecule has 0 bridgehead atoms. The van der Waals surface area contributed by atoms with Crippen molar-refractivity contribution in [3.05, 3.63) is 37.0 Å². The normalized spacial score (nSPS) is 11.2. The smallest absolute Gasteiger partial charge is 0.265 e. The lowest BCUT2D eigenvalue weighted by atomic mass is 10.1. The molecule has 2 aromatic rings. The van der Waals surface area contributed by atoms with Crippen LogP contribution in [-0.4, -0.2) is 9.97 Å². The van der Waals surface area contributed by atoms with Gasteiger partial charge < -0.3 is 4.98 Å². The van der Waals surface area contributed by atoms with E-state index < -0.39 is 0 Å². The highest BCUT2D eigenvalue weighted by molar-refractivity contribution is 9.10. The molecular formula is C12H12BrClN2OS. The van der Waals surface area contributed by atoms with Gasteiger partial charge in [-0.3, -0.25) is 4.79 Å². The molecule has 96 valence electrons. The van der Waals surface area contributed by atoms with Gasteiger partial charge in [0, 0.05) is 0 Å². The molecule has 3 nitrogen and oxygen atoms in total. The van der Waals surface area contributed by atoms with Crippen molar-refractivity contribution in [3.63, 3.8) is 0 Å². The minimum absolute atomic E-state index is 0.153. The molecule has 0 fully saturated rings. The van der Waals surface area contributed by atoms with Crippen LogP contribution in [0.1, 0.15) is 19.5 Å². The van der Waals surface area contributed by atoms with Crippen LogP contribution in [0.15, 0.2) is 21.4 Å². The first kappa shape index (κ1) is 13.8. The summed E-state index contributed by atoms with van der Waals surface area (Å²) in [5, 5.41) is 0. The van der Waals surface area contributed by atoms with Gasteiger partial charge in [-0.1, -0.05) is 25.4 Å².